The largest absolute Gasteiger partial charge is 0.481 e. The first-order valence-corrected chi connectivity index (χ1v) is 6.00. The summed E-state index contributed by atoms with van der Waals surface area (Å²) in [5, 5.41) is 8.78. The predicted octanol–water partition coefficient (Wildman–Crippen LogP) is 1.65. The van der Waals surface area contributed by atoms with Gasteiger partial charge in [-0.25, -0.2) is 0 Å². The number of benzene rings is 1. The van der Waals surface area contributed by atoms with Gasteiger partial charge in [-0.3, -0.25) is 4.79 Å². The van der Waals surface area contributed by atoms with E-state index in [1.807, 2.05) is 18.2 Å². The van der Waals surface area contributed by atoms with Crippen LogP contribution in [0.3, 0.4) is 0 Å². The Morgan fingerprint density at radius 3 is 3.12 bits per heavy atom. The van der Waals surface area contributed by atoms with Crippen molar-refractivity contribution in [2.45, 2.75) is 17.2 Å². The second kappa shape index (κ2) is 4.76. The van der Waals surface area contributed by atoms with Gasteiger partial charge in [0, 0.05) is 5.92 Å². The fraction of sp³-hybridized carbons (Fsp3) is 0.364. The van der Waals surface area contributed by atoms with E-state index in [9.17, 15) is 4.79 Å². The first-order valence-electron chi connectivity index (χ1n) is 5.02. The summed E-state index contributed by atoms with van der Waals surface area (Å²) in [5.74, 6) is 0.564. The Morgan fingerprint density at radius 2 is 2.44 bits per heavy atom. The second-order valence-electron chi connectivity index (χ2n) is 3.64. The first kappa shape index (κ1) is 11.3. The number of aliphatic carboxylic acids is 1. The third-order valence-corrected chi connectivity index (χ3v) is 3.44. The quantitative estimate of drug-likeness (QED) is 0.835. The van der Waals surface area contributed by atoms with Crippen LogP contribution in [-0.2, 0) is 4.79 Å². The van der Waals surface area contributed by atoms with E-state index in [2.05, 4.69) is 0 Å². The van der Waals surface area contributed by atoms with Crippen LogP contribution in [0.2, 0.25) is 0 Å². The van der Waals surface area contributed by atoms with Gasteiger partial charge in [0.05, 0.1) is 11.3 Å². The van der Waals surface area contributed by atoms with Crippen LogP contribution in [0.5, 0.6) is 5.75 Å². The highest BCUT2D eigenvalue weighted by molar-refractivity contribution is 7.99. The van der Waals surface area contributed by atoms with Crippen LogP contribution < -0.4 is 10.5 Å². The summed E-state index contributed by atoms with van der Waals surface area (Å²) < 4.78 is 5.36. The molecule has 0 saturated carbocycles. The van der Waals surface area contributed by atoms with Gasteiger partial charge in [-0.1, -0.05) is 17.8 Å². The molecule has 1 aliphatic heterocycles. The molecule has 1 aromatic carbocycles. The molecule has 1 heterocycles. The highest BCUT2D eigenvalue weighted by Crippen LogP contribution is 2.38. The normalized spacial score (nSPS) is 15.3. The molecular formula is C11H13NO3S. The van der Waals surface area contributed by atoms with E-state index in [0.29, 0.717) is 12.5 Å². The molecule has 16 heavy (non-hydrogen) atoms. The van der Waals surface area contributed by atoms with Crippen molar-refractivity contribution < 1.29 is 14.6 Å². The maximum atomic E-state index is 10.7. The van der Waals surface area contributed by atoms with Crippen LogP contribution in [0.4, 0.5) is 0 Å². The molecule has 86 valence electrons. The Hall–Kier alpha value is -1.20. The van der Waals surface area contributed by atoms with E-state index < -0.39 is 5.97 Å². The van der Waals surface area contributed by atoms with Crippen LogP contribution in [0.15, 0.2) is 23.1 Å². The zero-order valence-electron chi connectivity index (χ0n) is 8.68. The topological polar surface area (TPSA) is 72.6 Å². The fourth-order valence-corrected chi connectivity index (χ4v) is 2.52. The maximum absolute atomic E-state index is 10.7. The Balaban J connectivity index is 2.21. The number of fused-ring (bicyclic) bond motifs is 1. The Bertz CT molecular complexity index is 408. The number of nitrogens with two attached hydrogens (primary N) is 1. The van der Waals surface area contributed by atoms with E-state index >= 15 is 0 Å². The third-order valence-electron chi connectivity index (χ3n) is 2.57. The van der Waals surface area contributed by atoms with Crippen molar-refractivity contribution >= 4 is 17.7 Å². The number of rotatable bonds is 4. The smallest absolute Gasteiger partial charge is 0.304 e. The summed E-state index contributed by atoms with van der Waals surface area (Å²) in [5.41, 5.74) is 6.57. The molecule has 0 fully saturated rings. The molecular weight excluding hydrogens is 226 g/mol. The predicted molar refractivity (Wildman–Crippen MR) is 61.8 cm³/mol. The van der Waals surface area contributed by atoms with E-state index in [-0.39, 0.29) is 12.3 Å². The van der Waals surface area contributed by atoms with E-state index in [1.54, 1.807) is 11.8 Å². The molecule has 4 nitrogen and oxygen atoms in total. The summed E-state index contributed by atoms with van der Waals surface area (Å²) in [7, 11) is 0. The Kier molecular flexibility index (Phi) is 3.36. The standard InChI is InChI=1S/C11H13NO3S/c12-5-8(4-11(13)14)7-1-2-9-10(3-7)16-6-15-9/h1-3,8H,4-6,12H2,(H,13,14). The molecule has 3 N–H and O–H groups in total. The third kappa shape index (κ3) is 2.31. The van der Waals surface area contributed by atoms with Gasteiger partial charge < -0.3 is 15.6 Å². The average molecular weight is 239 g/mol. The molecule has 0 bridgehead atoms. The van der Waals surface area contributed by atoms with Crippen molar-refractivity contribution in [3.8, 4) is 5.75 Å². The van der Waals surface area contributed by atoms with Gasteiger partial charge in [0.2, 0.25) is 0 Å². The molecule has 0 aromatic heterocycles. The molecule has 2 rings (SSSR count). The van der Waals surface area contributed by atoms with E-state index in [4.69, 9.17) is 15.6 Å². The minimum Gasteiger partial charge on any atom is -0.481 e. The maximum Gasteiger partial charge on any atom is 0.304 e. The van der Waals surface area contributed by atoms with Crippen molar-refractivity contribution in [1.29, 1.82) is 0 Å². The van der Waals surface area contributed by atoms with Crippen LogP contribution in [0.25, 0.3) is 0 Å². The van der Waals surface area contributed by atoms with Crippen molar-refractivity contribution in [2.75, 3.05) is 12.5 Å². The van der Waals surface area contributed by atoms with Gasteiger partial charge in [-0.15, -0.1) is 0 Å². The molecule has 1 unspecified atom stereocenters. The molecule has 0 radical (unpaired) electrons. The number of carbonyl (C=O) groups is 1. The molecule has 0 spiro atoms. The average Bonchev–Trinajstić information content (AvgIpc) is 2.72. The van der Waals surface area contributed by atoms with E-state index in [0.717, 1.165) is 16.2 Å². The number of hydrogen-bond acceptors (Lipinski definition) is 4. The van der Waals surface area contributed by atoms with Gasteiger partial charge in [0.25, 0.3) is 0 Å². The lowest BCUT2D eigenvalue weighted by atomic mass is 9.96. The van der Waals surface area contributed by atoms with Gasteiger partial charge in [0.15, 0.2) is 0 Å². The summed E-state index contributed by atoms with van der Waals surface area (Å²) >= 11 is 1.62. The van der Waals surface area contributed by atoms with Crippen LogP contribution in [-0.4, -0.2) is 23.6 Å². The lowest BCUT2D eigenvalue weighted by molar-refractivity contribution is -0.137. The fourth-order valence-electron chi connectivity index (χ4n) is 1.72. The molecule has 0 amide bonds. The number of carboxylic acid groups (broad SMARTS) is 1. The highest BCUT2D eigenvalue weighted by atomic mass is 32.2. The second-order valence-corrected chi connectivity index (χ2v) is 4.61. The lowest BCUT2D eigenvalue weighted by Gasteiger charge is -2.13. The highest BCUT2D eigenvalue weighted by Gasteiger charge is 2.18. The van der Waals surface area contributed by atoms with Crippen LogP contribution in [0.1, 0.15) is 17.9 Å². The molecule has 0 saturated heterocycles. The first-order chi connectivity index (χ1) is 7.70. The summed E-state index contributed by atoms with van der Waals surface area (Å²) in [6.45, 7) is 0.344. The molecule has 1 aliphatic rings. The lowest BCUT2D eigenvalue weighted by Crippen LogP contribution is -2.16. The van der Waals surface area contributed by atoms with Crippen molar-refractivity contribution in [1.82, 2.24) is 0 Å². The molecule has 1 aromatic rings. The van der Waals surface area contributed by atoms with Crippen molar-refractivity contribution in [3.63, 3.8) is 0 Å². The molecule has 0 aliphatic carbocycles. The molecule has 1 atom stereocenters. The van der Waals surface area contributed by atoms with Crippen molar-refractivity contribution in [3.05, 3.63) is 23.8 Å². The summed E-state index contributed by atoms with van der Waals surface area (Å²) in [4.78, 5) is 11.8. The number of thioether (sulfide) groups is 1. The number of ether oxygens (including phenoxy) is 1. The minimum atomic E-state index is -0.820. The number of carboxylic acids is 1. The van der Waals surface area contributed by atoms with Crippen LogP contribution >= 0.6 is 11.8 Å². The van der Waals surface area contributed by atoms with Crippen LogP contribution in [0, 0.1) is 0 Å². The van der Waals surface area contributed by atoms with Gasteiger partial charge in [-0.05, 0) is 24.2 Å². The van der Waals surface area contributed by atoms with E-state index in [1.165, 1.54) is 0 Å². The zero-order valence-corrected chi connectivity index (χ0v) is 9.50. The van der Waals surface area contributed by atoms with Gasteiger partial charge in [0.1, 0.15) is 11.7 Å². The monoisotopic (exact) mass is 239 g/mol. The Morgan fingerprint density at radius 1 is 1.62 bits per heavy atom. The van der Waals surface area contributed by atoms with Crippen molar-refractivity contribution in [2.24, 2.45) is 5.73 Å². The SMILES string of the molecule is NCC(CC(=O)O)c1ccc2c(c1)SCO2. The number of hydrogen-bond donors (Lipinski definition) is 2. The minimum absolute atomic E-state index is 0.0702. The Labute approximate surface area is 97.8 Å². The summed E-state index contributed by atoms with van der Waals surface area (Å²) in [6.07, 6.45) is 0.0702. The zero-order chi connectivity index (χ0) is 11.5. The van der Waals surface area contributed by atoms with Gasteiger partial charge >= 0.3 is 5.97 Å². The summed E-state index contributed by atoms with van der Waals surface area (Å²) in [6, 6.07) is 5.76. The van der Waals surface area contributed by atoms with Gasteiger partial charge in [-0.2, -0.15) is 0 Å². The molecule has 5 heteroatoms.